The summed E-state index contributed by atoms with van der Waals surface area (Å²) in [5.41, 5.74) is 6.93. The molecule has 0 aliphatic carbocycles. The fraction of sp³-hybridized carbons (Fsp3) is 0.238. The number of pyridine rings is 1. The number of cyclic esters (lactones) is 1. The Hall–Kier alpha value is -3.88. The molecule has 0 spiro atoms. The van der Waals surface area contributed by atoms with Crippen LogP contribution in [0.4, 0.5) is 5.82 Å². The molecule has 9 heteroatoms. The normalized spacial score (nSPS) is 15.5. The first-order valence-corrected chi connectivity index (χ1v) is 9.35. The average molecular weight is 408 g/mol. The molecule has 1 fully saturated rings. The van der Waals surface area contributed by atoms with Crippen molar-refractivity contribution >= 4 is 11.8 Å². The minimum Gasteiger partial charge on any atom is -0.493 e. The molecule has 0 saturated carbocycles. The van der Waals surface area contributed by atoms with Crippen LogP contribution in [0.15, 0.2) is 48.8 Å². The van der Waals surface area contributed by atoms with Crippen LogP contribution in [-0.2, 0) is 9.53 Å². The van der Waals surface area contributed by atoms with Crippen LogP contribution in [0.1, 0.15) is 12.8 Å². The van der Waals surface area contributed by atoms with Crippen LogP contribution >= 0.6 is 0 Å². The van der Waals surface area contributed by atoms with Crippen molar-refractivity contribution in [3.05, 3.63) is 48.8 Å². The summed E-state index contributed by atoms with van der Waals surface area (Å²) in [6.07, 6.45) is 3.86. The molecule has 1 aromatic carbocycles. The lowest BCUT2D eigenvalue weighted by molar-refractivity contribution is -0.142. The first kappa shape index (κ1) is 19.4. The van der Waals surface area contributed by atoms with Crippen LogP contribution in [-0.4, -0.2) is 40.7 Å². The lowest BCUT2D eigenvalue weighted by atomic mass is 10.2. The molecular weight excluding hydrogens is 388 g/mol. The third-order valence-corrected chi connectivity index (χ3v) is 4.45. The number of nitrogen functional groups attached to an aromatic ring is 1. The molecule has 0 amide bonds. The van der Waals surface area contributed by atoms with E-state index in [4.69, 9.17) is 24.7 Å². The lowest BCUT2D eigenvalue weighted by Gasteiger charge is -2.17. The summed E-state index contributed by atoms with van der Waals surface area (Å²) in [4.78, 5) is 24.2. The fourth-order valence-electron chi connectivity index (χ4n) is 2.96. The van der Waals surface area contributed by atoms with Crippen LogP contribution in [0, 0.1) is 0 Å². The largest absolute Gasteiger partial charge is 0.493 e. The van der Waals surface area contributed by atoms with Gasteiger partial charge in [-0.1, -0.05) is 12.1 Å². The number of ether oxygens (including phenoxy) is 4. The van der Waals surface area contributed by atoms with Gasteiger partial charge in [0.15, 0.2) is 23.1 Å². The van der Waals surface area contributed by atoms with E-state index in [1.807, 2.05) is 6.07 Å². The summed E-state index contributed by atoms with van der Waals surface area (Å²) in [5, 5.41) is 0. The first-order valence-electron chi connectivity index (χ1n) is 9.35. The van der Waals surface area contributed by atoms with E-state index in [0.29, 0.717) is 30.2 Å². The molecule has 1 saturated heterocycles. The summed E-state index contributed by atoms with van der Waals surface area (Å²) in [5.74, 6) is 1.47. The highest BCUT2D eigenvalue weighted by Gasteiger charge is 2.26. The van der Waals surface area contributed by atoms with Gasteiger partial charge in [0.1, 0.15) is 12.7 Å². The maximum absolute atomic E-state index is 11.4. The molecule has 1 atom stereocenters. The highest BCUT2D eigenvalue weighted by molar-refractivity contribution is 5.71. The second-order valence-electron chi connectivity index (χ2n) is 6.52. The van der Waals surface area contributed by atoms with Crippen molar-refractivity contribution in [2.45, 2.75) is 18.9 Å². The van der Waals surface area contributed by atoms with Gasteiger partial charge in [-0.15, -0.1) is 0 Å². The summed E-state index contributed by atoms with van der Waals surface area (Å²) < 4.78 is 22.4. The number of esters is 1. The number of carbonyl (C=O) groups excluding carboxylic acids is 1. The van der Waals surface area contributed by atoms with E-state index in [0.717, 1.165) is 5.56 Å². The maximum Gasteiger partial charge on any atom is 0.306 e. The van der Waals surface area contributed by atoms with Crippen molar-refractivity contribution in [1.82, 2.24) is 15.0 Å². The number of aromatic nitrogens is 3. The first-order chi connectivity index (χ1) is 14.6. The van der Waals surface area contributed by atoms with Gasteiger partial charge in [0.2, 0.25) is 5.75 Å². The summed E-state index contributed by atoms with van der Waals surface area (Å²) >= 11 is 0. The van der Waals surface area contributed by atoms with Crippen LogP contribution in [0.3, 0.4) is 0 Å². The van der Waals surface area contributed by atoms with E-state index in [-0.39, 0.29) is 36.1 Å². The van der Waals surface area contributed by atoms with Crippen molar-refractivity contribution in [3.8, 4) is 34.5 Å². The number of hydrogen-bond donors (Lipinski definition) is 1. The fourth-order valence-corrected chi connectivity index (χ4v) is 2.96. The Labute approximate surface area is 172 Å². The Kier molecular flexibility index (Phi) is 5.60. The van der Waals surface area contributed by atoms with E-state index >= 15 is 0 Å². The number of carbonyl (C=O) groups is 1. The second-order valence-corrected chi connectivity index (χ2v) is 6.52. The van der Waals surface area contributed by atoms with Gasteiger partial charge in [-0.2, -0.15) is 4.98 Å². The molecule has 4 rings (SSSR count). The number of methoxy groups -OCH3 is 1. The third kappa shape index (κ3) is 4.24. The van der Waals surface area contributed by atoms with Gasteiger partial charge in [-0.05, 0) is 30.7 Å². The molecule has 154 valence electrons. The van der Waals surface area contributed by atoms with E-state index in [1.165, 1.54) is 0 Å². The SMILES string of the molecule is COc1ccccc1Oc1c(N)nc(-c2ccncc2)nc1OCC1CCC(=O)O1. The quantitative estimate of drug-likeness (QED) is 0.588. The van der Waals surface area contributed by atoms with Gasteiger partial charge < -0.3 is 24.7 Å². The lowest BCUT2D eigenvalue weighted by Crippen LogP contribution is -2.18. The number of benzene rings is 1. The number of para-hydroxylation sites is 2. The molecule has 2 aromatic heterocycles. The van der Waals surface area contributed by atoms with Gasteiger partial charge in [-0.25, -0.2) is 4.98 Å². The summed E-state index contributed by atoms with van der Waals surface area (Å²) in [6, 6.07) is 10.6. The van der Waals surface area contributed by atoms with Crippen molar-refractivity contribution in [3.63, 3.8) is 0 Å². The van der Waals surface area contributed by atoms with Gasteiger partial charge in [0.05, 0.1) is 7.11 Å². The van der Waals surface area contributed by atoms with Crippen molar-refractivity contribution in [2.24, 2.45) is 0 Å². The van der Waals surface area contributed by atoms with E-state index in [1.54, 1.807) is 49.8 Å². The smallest absolute Gasteiger partial charge is 0.306 e. The standard InChI is InChI=1S/C21H20N4O5/c1-27-15-4-2-3-5-16(15)30-18-19(22)24-20(13-8-10-23-11-9-13)25-21(18)28-12-14-6-7-17(26)29-14/h2-5,8-11,14H,6-7,12H2,1H3,(H2,22,24,25). The number of nitrogens with zero attached hydrogens (tertiary/aromatic N) is 3. The molecule has 3 aromatic rings. The Morgan fingerprint density at radius 2 is 1.90 bits per heavy atom. The van der Waals surface area contributed by atoms with E-state index in [9.17, 15) is 4.79 Å². The topological polar surface area (TPSA) is 119 Å². The van der Waals surface area contributed by atoms with Crippen LogP contribution in [0.2, 0.25) is 0 Å². The summed E-state index contributed by atoms with van der Waals surface area (Å²) in [7, 11) is 1.54. The Morgan fingerprint density at radius 3 is 2.60 bits per heavy atom. The Balaban J connectivity index is 1.68. The number of rotatable bonds is 7. The molecule has 1 unspecified atom stereocenters. The zero-order valence-corrected chi connectivity index (χ0v) is 16.3. The highest BCUT2D eigenvalue weighted by atomic mass is 16.6. The molecule has 0 bridgehead atoms. The Morgan fingerprint density at radius 1 is 1.13 bits per heavy atom. The minimum atomic E-state index is -0.350. The van der Waals surface area contributed by atoms with Gasteiger partial charge >= 0.3 is 5.97 Å². The molecule has 0 radical (unpaired) electrons. The van der Waals surface area contributed by atoms with Crippen LogP contribution in [0.25, 0.3) is 11.4 Å². The van der Waals surface area contributed by atoms with E-state index < -0.39 is 0 Å². The van der Waals surface area contributed by atoms with Crippen LogP contribution in [0.5, 0.6) is 23.1 Å². The van der Waals surface area contributed by atoms with Gasteiger partial charge in [0.25, 0.3) is 5.88 Å². The predicted molar refractivity (Wildman–Crippen MR) is 107 cm³/mol. The molecule has 2 N–H and O–H groups in total. The monoisotopic (exact) mass is 408 g/mol. The molecule has 1 aliphatic heterocycles. The Bertz CT molecular complexity index is 1040. The number of nitrogens with two attached hydrogens (primary N) is 1. The maximum atomic E-state index is 11.4. The second kappa shape index (κ2) is 8.64. The molecular formula is C21H20N4O5. The molecule has 3 heterocycles. The summed E-state index contributed by atoms with van der Waals surface area (Å²) in [6.45, 7) is 0.125. The van der Waals surface area contributed by atoms with Crippen molar-refractivity contribution in [2.75, 3.05) is 19.5 Å². The van der Waals surface area contributed by atoms with E-state index in [2.05, 4.69) is 15.0 Å². The average Bonchev–Trinajstić information content (AvgIpc) is 3.20. The predicted octanol–water partition coefficient (Wildman–Crippen LogP) is 3.01. The van der Waals surface area contributed by atoms with Crippen molar-refractivity contribution in [1.29, 1.82) is 0 Å². The van der Waals surface area contributed by atoms with Gasteiger partial charge in [-0.3, -0.25) is 9.78 Å². The molecule has 1 aliphatic rings. The molecule has 30 heavy (non-hydrogen) atoms. The molecule has 9 nitrogen and oxygen atoms in total. The van der Waals surface area contributed by atoms with Crippen molar-refractivity contribution < 1.29 is 23.7 Å². The van der Waals surface area contributed by atoms with Crippen LogP contribution < -0.4 is 19.9 Å². The number of anilines is 1. The third-order valence-electron chi connectivity index (χ3n) is 4.45. The number of hydrogen-bond acceptors (Lipinski definition) is 9. The van der Waals surface area contributed by atoms with Gasteiger partial charge in [0, 0.05) is 24.4 Å². The highest BCUT2D eigenvalue weighted by Crippen LogP contribution is 2.39. The minimum absolute atomic E-state index is 0.0983. The zero-order valence-electron chi connectivity index (χ0n) is 16.3. The zero-order chi connectivity index (χ0) is 20.9.